The molecule has 0 heterocycles. The quantitative estimate of drug-likeness (QED) is 0.672. The van der Waals surface area contributed by atoms with Crippen LogP contribution >= 0.6 is 0 Å². The average molecular weight is 199 g/mol. The molecule has 0 aromatic heterocycles. The molecule has 0 aliphatic heterocycles. The molecule has 1 heteroatoms. The zero-order chi connectivity index (χ0) is 11.1. The van der Waals surface area contributed by atoms with Crippen LogP contribution in [0.5, 0.6) is 0 Å². The smallest absolute Gasteiger partial charge is 0.00647 e. The zero-order valence-electron chi connectivity index (χ0n) is 9.35. The van der Waals surface area contributed by atoms with Gasteiger partial charge in [-0.25, -0.2) is 0 Å². The summed E-state index contributed by atoms with van der Waals surface area (Å²) in [4.78, 5) is 2.04. The molecule has 1 aromatic rings. The Morgan fingerprint density at radius 3 is 2.40 bits per heavy atom. The summed E-state index contributed by atoms with van der Waals surface area (Å²) in [5.41, 5.74) is 2.39. The Labute approximate surface area is 92.0 Å². The Balaban J connectivity index is 3.02. The van der Waals surface area contributed by atoms with E-state index in [0.29, 0.717) is 0 Å². The Hall–Kier alpha value is -1.76. The second kappa shape index (κ2) is 5.86. The van der Waals surface area contributed by atoms with E-state index in [0.717, 1.165) is 0 Å². The summed E-state index contributed by atoms with van der Waals surface area (Å²) in [5, 5.41) is 0. The fourth-order valence-electron chi connectivity index (χ4n) is 1.29. The van der Waals surface area contributed by atoms with Gasteiger partial charge in [-0.2, -0.15) is 0 Å². The summed E-state index contributed by atoms with van der Waals surface area (Å²) < 4.78 is 0. The first-order valence-corrected chi connectivity index (χ1v) is 4.97. The van der Waals surface area contributed by atoms with Crippen molar-refractivity contribution < 1.29 is 0 Å². The lowest BCUT2D eigenvalue weighted by atomic mass is 10.1. The molecular weight excluding hydrogens is 182 g/mol. The molecule has 0 N–H and O–H groups in total. The maximum Gasteiger partial charge on any atom is 0.00647 e. The van der Waals surface area contributed by atoms with E-state index in [-0.39, 0.29) is 0 Å². The second-order valence-electron chi connectivity index (χ2n) is 3.51. The molecule has 0 fully saturated rings. The number of hydrogen-bond acceptors (Lipinski definition) is 1. The number of benzene rings is 1. The van der Waals surface area contributed by atoms with Gasteiger partial charge in [0, 0.05) is 20.3 Å². The minimum atomic E-state index is 1.18. The largest absolute Gasteiger partial charge is 0.383 e. The minimum absolute atomic E-state index is 1.18. The van der Waals surface area contributed by atoms with Crippen LogP contribution in [0.15, 0.2) is 61.3 Å². The van der Waals surface area contributed by atoms with Gasteiger partial charge in [-0.1, -0.05) is 55.1 Å². The Morgan fingerprint density at radius 2 is 1.87 bits per heavy atom. The average Bonchev–Trinajstić information content (AvgIpc) is 2.25. The van der Waals surface area contributed by atoms with Gasteiger partial charge in [0.15, 0.2) is 0 Å². The number of nitrogens with zero attached hydrogens (tertiary/aromatic N) is 1. The van der Waals surface area contributed by atoms with Gasteiger partial charge in [0.05, 0.1) is 0 Å². The van der Waals surface area contributed by atoms with Gasteiger partial charge in [0.2, 0.25) is 0 Å². The topological polar surface area (TPSA) is 3.24 Å². The third kappa shape index (κ3) is 3.86. The molecule has 0 aliphatic carbocycles. The van der Waals surface area contributed by atoms with Gasteiger partial charge >= 0.3 is 0 Å². The monoisotopic (exact) mass is 199 g/mol. The van der Waals surface area contributed by atoms with E-state index in [9.17, 15) is 0 Å². The molecule has 0 saturated carbocycles. The molecule has 0 amide bonds. The summed E-state index contributed by atoms with van der Waals surface area (Å²) in [6, 6.07) is 10.3. The van der Waals surface area contributed by atoms with Crippen molar-refractivity contribution in [3.8, 4) is 0 Å². The Bertz CT molecular complexity index is 358. The van der Waals surface area contributed by atoms with Crippen LogP contribution < -0.4 is 0 Å². The van der Waals surface area contributed by atoms with E-state index in [1.54, 1.807) is 6.08 Å². The van der Waals surface area contributed by atoms with Gasteiger partial charge < -0.3 is 4.90 Å². The lowest BCUT2D eigenvalue weighted by Gasteiger charge is -2.09. The van der Waals surface area contributed by atoms with Crippen LogP contribution in [0.3, 0.4) is 0 Å². The van der Waals surface area contributed by atoms with Crippen molar-refractivity contribution in [2.75, 3.05) is 14.1 Å². The van der Waals surface area contributed by atoms with Gasteiger partial charge in [-0.05, 0) is 11.1 Å². The second-order valence-corrected chi connectivity index (χ2v) is 3.51. The fourth-order valence-corrected chi connectivity index (χ4v) is 1.29. The first-order valence-electron chi connectivity index (χ1n) is 4.97. The summed E-state index contributed by atoms with van der Waals surface area (Å²) in [7, 11) is 4.04. The van der Waals surface area contributed by atoms with Crippen LogP contribution in [0.25, 0.3) is 5.57 Å². The molecule has 0 atom stereocenters. The predicted octanol–water partition coefficient (Wildman–Crippen LogP) is 3.33. The highest BCUT2D eigenvalue weighted by atomic mass is 15.0. The molecule has 1 rings (SSSR count). The molecule has 1 nitrogen and oxygen atoms in total. The van der Waals surface area contributed by atoms with Crippen molar-refractivity contribution in [1.82, 2.24) is 4.90 Å². The van der Waals surface area contributed by atoms with Crippen molar-refractivity contribution >= 4 is 5.57 Å². The van der Waals surface area contributed by atoms with Crippen molar-refractivity contribution in [1.29, 1.82) is 0 Å². The Morgan fingerprint density at radius 1 is 1.20 bits per heavy atom. The van der Waals surface area contributed by atoms with E-state index >= 15 is 0 Å². The van der Waals surface area contributed by atoms with Gasteiger partial charge in [-0.3, -0.25) is 0 Å². The first-order chi connectivity index (χ1) is 7.24. The van der Waals surface area contributed by atoms with Crippen LogP contribution in [0, 0.1) is 0 Å². The molecule has 0 aliphatic rings. The highest BCUT2D eigenvalue weighted by Crippen LogP contribution is 2.15. The van der Waals surface area contributed by atoms with Crippen LogP contribution in [-0.2, 0) is 0 Å². The lowest BCUT2D eigenvalue weighted by Crippen LogP contribution is -2.02. The molecular formula is C14H17N. The summed E-state index contributed by atoms with van der Waals surface area (Å²) >= 11 is 0. The SMILES string of the molecule is C=C/C=C\C(=C/N(C)C)c1ccccc1. The minimum Gasteiger partial charge on any atom is -0.383 e. The summed E-state index contributed by atoms with van der Waals surface area (Å²) in [5.74, 6) is 0. The molecule has 0 radical (unpaired) electrons. The highest BCUT2D eigenvalue weighted by molar-refractivity contribution is 5.73. The highest BCUT2D eigenvalue weighted by Gasteiger charge is 1.96. The van der Waals surface area contributed by atoms with E-state index in [1.165, 1.54) is 11.1 Å². The van der Waals surface area contributed by atoms with Crippen molar-refractivity contribution in [2.45, 2.75) is 0 Å². The lowest BCUT2D eigenvalue weighted by molar-refractivity contribution is 0.566. The fraction of sp³-hybridized carbons (Fsp3) is 0.143. The van der Waals surface area contributed by atoms with E-state index < -0.39 is 0 Å². The molecule has 78 valence electrons. The van der Waals surface area contributed by atoms with Crippen molar-refractivity contribution in [2.24, 2.45) is 0 Å². The number of hydrogen-bond donors (Lipinski definition) is 0. The maximum atomic E-state index is 3.68. The van der Waals surface area contributed by atoms with Gasteiger partial charge in [0.1, 0.15) is 0 Å². The number of allylic oxidation sites excluding steroid dienone is 4. The van der Waals surface area contributed by atoms with Crippen LogP contribution in [-0.4, -0.2) is 19.0 Å². The van der Waals surface area contributed by atoms with E-state index in [2.05, 4.69) is 31.0 Å². The van der Waals surface area contributed by atoms with E-state index in [4.69, 9.17) is 0 Å². The van der Waals surface area contributed by atoms with Crippen molar-refractivity contribution in [3.63, 3.8) is 0 Å². The zero-order valence-corrected chi connectivity index (χ0v) is 9.35. The van der Waals surface area contributed by atoms with Crippen LogP contribution in [0.4, 0.5) is 0 Å². The Kier molecular flexibility index (Phi) is 4.42. The van der Waals surface area contributed by atoms with Crippen LogP contribution in [0.2, 0.25) is 0 Å². The summed E-state index contributed by atoms with van der Waals surface area (Å²) in [6.45, 7) is 3.68. The van der Waals surface area contributed by atoms with E-state index in [1.807, 2.05) is 43.3 Å². The van der Waals surface area contributed by atoms with Crippen LogP contribution in [0.1, 0.15) is 5.56 Å². The molecule has 1 aromatic carbocycles. The molecule has 0 bridgehead atoms. The third-order valence-electron chi connectivity index (χ3n) is 1.92. The third-order valence-corrected chi connectivity index (χ3v) is 1.92. The standard InChI is InChI=1S/C14H17N/c1-4-5-9-14(12-15(2)3)13-10-7-6-8-11-13/h4-12H,1H2,2-3H3/b9-5-,14-12+. The van der Waals surface area contributed by atoms with Crippen molar-refractivity contribution in [3.05, 3.63) is 66.9 Å². The molecule has 0 spiro atoms. The molecule has 0 saturated heterocycles. The molecule has 15 heavy (non-hydrogen) atoms. The maximum absolute atomic E-state index is 3.68. The van der Waals surface area contributed by atoms with Gasteiger partial charge in [0.25, 0.3) is 0 Å². The first kappa shape index (κ1) is 11.3. The predicted molar refractivity (Wildman–Crippen MR) is 67.4 cm³/mol. The normalized spacial score (nSPS) is 11.7. The molecule has 0 unspecified atom stereocenters. The number of rotatable bonds is 4. The summed E-state index contributed by atoms with van der Waals surface area (Å²) in [6.07, 6.45) is 7.88. The van der Waals surface area contributed by atoms with Gasteiger partial charge in [-0.15, -0.1) is 0 Å².